The normalized spacial score (nSPS) is 12.1. The maximum atomic E-state index is 12.4. The summed E-state index contributed by atoms with van der Waals surface area (Å²) in [5, 5.41) is 0. The molecule has 0 radical (unpaired) electrons. The number of nitrogens with zero attached hydrogens (tertiary/aromatic N) is 1. The molecule has 0 saturated carbocycles. The monoisotopic (exact) mass is 323 g/mol. The highest BCUT2D eigenvalue weighted by Crippen LogP contribution is 2.21. The van der Waals surface area contributed by atoms with E-state index in [1.165, 1.54) is 5.56 Å². The van der Waals surface area contributed by atoms with Crippen molar-refractivity contribution in [3.63, 3.8) is 0 Å². The number of halogens is 1. The summed E-state index contributed by atoms with van der Waals surface area (Å²) in [4.78, 5) is 2.16. The van der Waals surface area contributed by atoms with Gasteiger partial charge in [0.15, 0.2) is 0 Å². The van der Waals surface area contributed by atoms with E-state index in [0.29, 0.717) is 18.4 Å². The topological polar surface area (TPSA) is 3.24 Å². The highest BCUT2D eigenvalue weighted by molar-refractivity contribution is 5.57. The number of anilines is 1. The second kappa shape index (κ2) is 12.7. The van der Waals surface area contributed by atoms with E-state index in [1.807, 2.05) is 37.3 Å². The zero-order valence-corrected chi connectivity index (χ0v) is 14.7. The summed E-state index contributed by atoms with van der Waals surface area (Å²) >= 11 is 0. The molecule has 24 heavy (non-hydrogen) atoms. The van der Waals surface area contributed by atoms with Crippen molar-refractivity contribution in [1.82, 2.24) is 0 Å². The van der Waals surface area contributed by atoms with Crippen LogP contribution in [0.4, 0.5) is 10.1 Å². The Bertz CT molecular complexity index is 645. The lowest BCUT2D eigenvalue weighted by Gasteiger charge is -2.25. The summed E-state index contributed by atoms with van der Waals surface area (Å²) in [6.07, 6.45) is 20.1. The van der Waals surface area contributed by atoms with Gasteiger partial charge < -0.3 is 4.90 Å². The van der Waals surface area contributed by atoms with Gasteiger partial charge in [0.1, 0.15) is 0 Å². The maximum Gasteiger partial charge on any atom is 0.0895 e. The number of hydrogen-bond donors (Lipinski definition) is 0. The van der Waals surface area contributed by atoms with Gasteiger partial charge in [-0.25, -0.2) is 4.39 Å². The van der Waals surface area contributed by atoms with Gasteiger partial charge in [0.05, 0.1) is 6.33 Å². The Morgan fingerprint density at radius 2 is 2.00 bits per heavy atom. The largest absolute Gasteiger partial charge is 0.338 e. The van der Waals surface area contributed by atoms with Crippen LogP contribution >= 0.6 is 0 Å². The van der Waals surface area contributed by atoms with Gasteiger partial charge >= 0.3 is 0 Å². The van der Waals surface area contributed by atoms with Crippen LogP contribution in [0.15, 0.2) is 84.9 Å². The second-order valence-corrected chi connectivity index (χ2v) is 5.03. The van der Waals surface area contributed by atoms with Crippen LogP contribution in [0.3, 0.4) is 0 Å². The molecule has 1 rings (SSSR count). The molecule has 0 aliphatic heterocycles. The summed E-state index contributed by atoms with van der Waals surface area (Å²) < 4.78 is 12.4. The summed E-state index contributed by atoms with van der Waals surface area (Å²) in [7, 11) is 0. The van der Waals surface area contributed by atoms with Crippen LogP contribution in [-0.2, 0) is 0 Å². The van der Waals surface area contributed by atoms with E-state index in [0.717, 1.165) is 11.4 Å². The molecule has 0 spiro atoms. The van der Waals surface area contributed by atoms with Crippen molar-refractivity contribution in [3.05, 3.63) is 90.5 Å². The Labute approximate surface area is 146 Å². The van der Waals surface area contributed by atoms with E-state index in [4.69, 9.17) is 0 Å². The molecule has 0 unspecified atom stereocenters. The van der Waals surface area contributed by atoms with E-state index in [-0.39, 0.29) is 0 Å². The lowest BCUT2D eigenvalue weighted by atomic mass is 10.1. The van der Waals surface area contributed by atoms with E-state index >= 15 is 0 Å². The summed E-state index contributed by atoms with van der Waals surface area (Å²) in [6, 6.07) is 8.31. The predicted octanol–water partition coefficient (Wildman–Crippen LogP) is 6.13. The van der Waals surface area contributed by atoms with Crippen LogP contribution in [0, 0.1) is 19.8 Å². The molecule has 0 amide bonds. The van der Waals surface area contributed by atoms with Gasteiger partial charge in [-0.3, -0.25) is 0 Å². The molecule has 2 heteroatoms. The SMILES string of the molecule is C#C.C=C/C=C(\C=C/C)N(C/C=C\C(C)=C/F)c1cccc(C)c1. The molecule has 0 aliphatic rings. The molecule has 126 valence electrons. The average Bonchev–Trinajstić information content (AvgIpc) is 2.60. The van der Waals surface area contributed by atoms with Gasteiger partial charge in [0, 0.05) is 17.9 Å². The average molecular weight is 323 g/mol. The third-order valence-corrected chi connectivity index (χ3v) is 3.09. The smallest absolute Gasteiger partial charge is 0.0895 e. The van der Waals surface area contributed by atoms with Crippen molar-refractivity contribution in [2.24, 2.45) is 0 Å². The Kier molecular flexibility index (Phi) is 11.2. The van der Waals surface area contributed by atoms with Crippen molar-refractivity contribution in [2.45, 2.75) is 20.8 Å². The fraction of sp³-hybridized carbons (Fsp3) is 0.182. The van der Waals surface area contributed by atoms with E-state index in [9.17, 15) is 4.39 Å². The first kappa shape index (κ1) is 21.2. The van der Waals surface area contributed by atoms with Crippen molar-refractivity contribution in [1.29, 1.82) is 0 Å². The Morgan fingerprint density at radius 3 is 2.54 bits per heavy atom. The standard InChI is InChI=1S/C20H24FN.C2H2/c1-5-9-19(10-6-2)22(14-8-12-18(4)16-21)20-13-7-11-17(3)15-20;1-2/h5-13,15-16H,1,14H2,2-4H3;1-2H/b10-6-,12-8-,18-16-,19-9+;. The van der Waals surface area contributed by atoms with Crippen LogP contribution in [0.1, 0.15) is 19.4 Å². The van der Waals surface area contributed by atoms with Gasteiger partial charge in [-0.15, -0.1) is 12.8 Å². The van der Waals surface area contributed by atoms with Crippen molar-refractivity contribution in [3.8, 4) is 12.8 Å². The molecule has 1 aromatic carbocycles. The van der Waals surface area contributed by atoms with Crippen molar-refractivity contribution < 1.29 is 4.39 Å². The van der Waals surface area contributed by atoms with Gasteiger partial charge in [0.25, 0.3) is 0 Å². The van der Waals surface area contributed by atoms with Gasteiger partial charge in [-0.1, -0.05) is 43.0 Å². The molecule has 0 fully saturated rings. The molecule has 0 saturated heterocycles. The molecule has 1 nitrogen and oxygen atoms in total. The van der Waals surface area contributed by atoms with E-state index in [1.54, 1.807) is 19.1 Å². The second-order valence-electron chi connectivity index (χ2n) is 5.03. The molecule has 0 bridgehead atoms. The third-order valence-electron chi connectivity index (χ3n) is 3.09. The number of benzene rings is 1. The highest BCUT2D eigenvalue weighted by atomic mass is 19.1. The third kappa shape index (κ3) is 7.47. The lowest BCUT2D eigenvalue weighted by molar-refractivity contribution is 0.713. The van der Waals surface area contributed by atoms with Crippen LogP contribution in [0.25, 0.3) is 0 Å². The van der Waals surface area contributed by atoms with Crippen molar-refractivity contribution in [2.75, 3.05) is 11.4 Å². The molecule has 0 heterocycles. The van der Waals surface area contributed by atoms with Crippen LogP contribution < -0.4 is 4.90 Å². The lowest BCUT2D eigenvalue weighted by Crippen LogP contribution is -2.21. The molecule has 0 atom stereocenters. The first-order valence-corrected chi connectivity index (χ1v) is 7.68. The Morgan fingerprint density at radius 1 is 1.29 bits per heavy atom. The Balaban J connectivity index is 0.00000254. The van der Waals surface area contributed by atoms with Gasteiger partial charge in [-0.05, 0) is 56.2 Å². The molecular weight excluding hydrogens is 297 g/mol. The molecule has 0 aromatic heterocycles. The number of hydrogen-bond acceptors (Lipinski definition) is 1. The fourth-order valence-electron chi connectivity index (χ4n) is 2.06. The van der Waals surface area contributed by atoms with Crippen LogP contribution in [-0.4, -0.2) is 6.54 Å². The molecule has 0 aliphatic carbocycles. The van der Waals surface area contributed by atoms with Crippen LogP contribution in [0.2, 0.25) is 0 Å². The quantitative estimate of drug-likeness (QED) is 0.431. The van der Waals surface area contributed by atoms with E-state index in [2.05, 4.69) is 49.4 Å². The van der Waals surface area contributed by atoms with Gasteiger partial charge in [-0.2, -0.15) is 0 Å². The zero-order valence-electron chi connectivity index (χ0n) is 14.7. The number of aryl methyl sites for hydroxylation is 1. The molecule has 1 aromatic rings. The first-order chi connectivity index (χ1) is 11.6. The minimum absolute atomic E-state index is 0.601. The summed E-state index contributed by atoms with van der Waals surface area (Å²) in [5.41, 5.74) is 3.93. The minimum atomic E-state index is 0.601. The molecule has 0 N–H and O–H groups in total. The number of rotatable bonds is 7. The Hall–Kier alpha value is -2.79. The fourth-order valence-corrected chi connectivity index (χ4v) is 2.06. The van der Waals surface area contributed by atoms with Crippen molar-refractivity contribution >= 4 is 5.69 Å². The number of terminal acetylenes is 1. The minimum Gasteiger partial charge on any atom is -0.338 e. The van der Waals surface area contributed by atoms with E-state index < -0.39 is 0 Å². The zero-order chi connectivity index (χ0) is 18.4. The first-order valence-electron chi connectivity index (χ1n) is 7.68. The highest BCUT2D eigenvalue weighted by Gasteiger charge is 2.08. The van der Waals surface area contributed by atoms with Crippen LogP contribution in [0.5, 0.6) is 0 Å². The molecular formula is C22H26FN. The summed E-state index contributed by atoms with van der Waals surface area (Å²) in [6.45, 7) is 10.2. The maximum absolute atomic E-state index is 12.4. The van der Waals surface area contributed by atoms with Gasteiger partial charge in [0.2, 0.25) is 0 Å². The predicted molar refractivity (Wildman–Crippen MR) is 106 cm³/mol. The number of allylic oxidation sites excluding steroid dienone is 6. The summed E-state index contributed by atoms with van der Waals surface area (Å²) in [5.74, 6) is 0.